The van der Waals surface area contributed by atoms with Gasteiger partial charge >= 0.3 is 5.97 Å². The Labute approximate surface area is 174 Å². The van der Waals surface area contributed by atoms with Crippen LogP contribution in [0, 0.1) is 0 Å². The van der Waals surface area contributed by atoms with Gasteiger partial charge in [-0.15, -0.1) is 0 Å². The van der Waals surface area contributed by atoms with Crippen molar-refractivity contribution in [1.29, 1.82) is 0 Å². The summed E-state index contributed by atoms with van der Waals surface area (Å²) in [6.45, 7) is 1.13. The summed E-state index contributed by atoms with van der Waals surface area (Å²) in [6.07, 6.45) is -0.966. The minimum Gasteiger partial charge on any atom is -0.482 e. The third-order valence-corrected chi connectivity index (χ3v) is 4.23. The molecule has 1 N–H and O–H groups in total. The van der Waals surface area contributed by atoms with Gasteiger partial charge in [0.05, 0.1) is 0 Å². The number of ether oxygens (including phenoxy) is 2. The number of hydrogen-bond acceptors (Lipinski definition) is 5. The van der Waals surface area contributed by atoms with Gasteiger partial charge in [0, 0.05) is 16.8 Å². The average molecular weight is 403 g/mol. The first-order valence-corrected chi connectivity index (χ1v) is 9.41. The predicted molar refractivity (Wildman–Crippen MR) is 112 cm³/mol. The lowest BCUT2D eigenvalue weighted by Gasteiger charge is -2.14. The minimum atomic E-state index is -0.966. The van der Waals surface area contributed by atoms with E-state index in [0.29, 0.717) is 22.6 Å². The van der Waals surface area contributed by atoms with Crippen LogP contribution in [-0.4, -0.2) is 30.4 Å². The van der Waals surface area contributed by atoms with E-state index in [1.807, 2.05) is 12.1 Å². The molecule has 3 aromatic rings. The maximum Gasteiger partial charge on any atom is 0.344 e. The van der Waals surface area contributed by atoms with Gasteiger partial charge in [-0.2, -0.15) is 0 Å². The second kappa shape index (κ2) is 10.0. The monoisotopic (exact) mass is 403 g/mol. The third kappa shape index (κ3) is 5.78. The summed E-state index contributed by atoms with van der Waals surface area (Å²) in [7, 11) is 0. The number of ketones is 1. The summed E-state index contributed by atoms with van der Waals surface area (Å²) < 4.78 is 10.5. The van der Waals surface area contributed by atoms with E-state index < -0.39 is 18.0 Å². The lowest BCUT2D eigenvalue weighted by molar-refractivity contribution is -0.155. The van der Waals surface area contributed by atoms with Gasteiger partial charge in [0.2, 0.25) is 0 Å². The van der Waals surface area contributed by atoms with E-state index in [2.05, 4.69) is 5.32 Å². The predicted octanol–water partition coefficient (Wildman–Crippen LogP) is 3.87. The lowest BCUT2D eigenvalue weighted by Crippen LogP contribution is -2.31. The number of nitrogens with one attached hydrogen (secondary N) is 1. The Bertz CT molecular complexity index is 1000. The van der Waals surface area contributed by atoms with E-state index in [1.165, 1.54) is 6.92 Å². The van der Waals surface area contributed by atoms with E-state index in [4.69, 9.17) is 9.47 Å². The number of hydrogen-bond donors (Lipinski definition) is 1. The van der Waals surface area contributed by atoms with Crippen LogP contribution in [0.25, 0.3) is 0 Å². The van der Waals surface area contributed by atoms with E-state index in [-0.39, 0.29) is 12.4 Å². The van der Waals surface area contributed by atoms with Crippen molar-refractivity contribution in [2.24, 2.45) is 0 Å². The van der Waals surface area contributed by atoms with Crippen LogP contribution in [0.2, 0.25) is 0 Å². The molecule has 0 saturated heterocycles. The first-order valence-electron chi connectivity index (χ1n) is 9.41. The molecule has 6 heteroatoms. The first kappa shape index (κ1) is 20.8. The molecule has 30 heavy (non-hydrogen) atoms. The molecule has 6 nitrogen and oxygen atoms in total. The van der Waals surface area contributed by atoms with E-state index >= 15 is 0 Å². The van der Waals surface area contributed by atoms with E-state index in [1.54, 1.807) is 72.8 Å². The fourth-order valence-corrected chi connectivity index (χ4v) is 2.65. The highest BCUT2D eigenvalue weighted by Gasteiger charge is 2.18. The van der Waals surface area contributed by atoms with Gasteiger partial charge in [-0.1, -0.05) is 48.5 Å². The third-order valence-electron chi connectivity index (χ3n) is 4.23. The first-order chi connectivity index (χ1) is 14.5. The number of carbonyl (C=O) groups excluding carboxylic acids is 3. The molecular formula is C24H21NO5. The second-order valence-corrected chi connectivity index (χ2v) is 6.50. The average Bonchev–Trinajstić information content (AvgIpc) is 2.79. The summed E-state index contributed by atoms with van der Waals surface area (Å²) >= 11 is 0. The fourth-order valence-electron chi connectivity index (χ4n) is 2.65. The van der Waals surface area contributed by atoms with Crippen molar-refractivity contribution in [2.75, 3.05) is 11.9 Å². The van der Waals surface area contributed by atoms with Crippen LogP contribution < -0.4 is 10.1 Å². The molecule has 0 aromatic heterocycles. The molecule has 0 unspecified atom stereocenters. The molecule has 0 saturated carbocycles. The topological polar surface area (TPSA) is 81.7 Å². The van der Waals surface area contributed by atoms with Gasteiger partial charge in [0.15, 0.2) is 18.5 Å². The maximum absolute atomic E-state index is 12.4. The molecule has 0 aliphatic heterocycles. The molecule has 3 aromatic carbocycles. The number of esters is 1. The van der Waals surface area contributed by atoms with Crippen molar-refractivity contribution in [3.05, 3.63) is 96.1 Å². The Morgan fingerprint density at radius 1 is 0.800 bits per heavy atom. The Kier molecular flexibility index (Phi) is 6.95. The Balaban J connectivity index is 1.47. The van der Waals surface area contributed by atoms with Gasteiger partial charge in [0.25, 0.3) is 5.91 Å². The maximum atomic E-state index is 12.4. The lowest BCUT2D eigenvalue weighted by atomic mass is 10.0. The van der Waals surface area contributed by atoms with Crippen molar-refractivity contribution in [1.82, 2.24) is 0 Å². The van der Waals surface area contributed by atoms with Gasteiger partial charge in [-0.25, -0.2) is 4.79 Å². The fraction of sp³-hybridized carbons (Fsp3) is 0.125. The quantitative estimate of drug-likeness (QED) is 0.456. The molecule has 0 fully saturated rings. The Morgan fingerprint density at radius 3 is 2.00 bits per heavy atom. The molecule has 152 valence electrons. The molecule has 0 heterocycles. The van der Waals surface area contributed by atoms with Crippen LogP contribution in [0.1, 0.15) is 22.8 Å². The zero-order valence-corrected chi connectivity index (χ0v) is 16.4. The zero-order valence-electron chi connectivity index (χ0n) is 16.4. The molecule has 0 bridgehead atoms. The number of amides is 1. The van der Waals surface area contributed by atoms with Crippen LogP contribution >= 0.6 is 0 Å². The highest BCUT2D eigenvalue weighted by atomic mass is 16.6. The number of anilines is 1. The van der Waals surface area contributed by atoms with Crippen LogP contribution in [0.4, 0.5) is 5.69 Å². The minimum absolute atomic E-state index is 0.0974. The van der Waals surface area contributed by atoms with Crippen LogP contribution in [0.3, 0.4) is 0 Å². The summed E-state index contributed by atoms with van der Waals surface area (Å²) in [5.74, 6) is -0.786. The summed E-state index contributed by atoms with van der Waals surface area (Å²) in [6, 6.07) is 24.3. The van der Waals surface area contributed by atoms with Crippen LogP contribution in [-0.2, 0) is 14.3 Å². The highest BCUT2D eigenvalue weighted by Crippen LogP contribution is 2.16. The van der Waals surface area contributed by atoms with E-state index in [0.717, 1.165) is 0 Å². The number of benzene rings is 3. The summed E-state index contributed by atoms with van der Waals surface area (Å²) in [4.78, 5) is 36.4. The summed E-state index contributed by atoms with van der Waals surface area (Å²) in [5.41, 5.74) is 1.73. The van der Waals surface area contributed by atoms with E-state index in [9.17, 15) is 14.4 Å². The molecule has 0 radical (unpaired) electrons. The van der Waals surface area contributed by atoms with Gasteiger partial charge in [0.1, 0.15) is 5.75 Å². The normalized spacial score (nSPS) is 11.2. The standard InChI is InChI=1S/C24H21NO5/c1-17(24(28)25-20-10-6-3-7-11-20)30-22(26)16-29-21-14-12-19(13-15-21)23(27)18-8-4-2-5-9-18/h2-15,17H,16H2,1H3,(H,25,28)/t17-/m1/s1. The Hall–Kier alpha value is -3.93. The highest BCUT2D eigenvalue weighted by molar-refractivity contribution is 6.09. The molecule has 0 spiro atoms. The van der Waals surface area contributed by atoms with Crippen molar-refractivity contribution in [2.45, 2.75) is 13.0 Å². The molecule has 1 amide bonds. The zero-order chi connectivity index (χ0) is 21.3. The van der Waals surface area contributed by atoms with Crippen molar-refractivity contribution in [3.8, 4) is 5.75 Å². The molecular weight excluding hydrogens is 382 g/mol. The van der Waals surface area contributed by atoms with Crippen LogP contribution in [0.15, 0.2) is 84.9 Å². The number of rotatable bonds is 8. The second-order valence-electron chi connectivity index (χ2n) is 6.50. The van der Waals surface area contributed by atoms with Gasteiger partial charge in [-0.3, -0.25) is 9.59 Å². The SMILES string of the molecule is C[C@@H](OC(=O)COc1ccc(C(=O)c2ccccc2)cc1)C(=O)Nc1ccccc1. The molecule has 3 rings (SSSR count). The molecule has 1 atom stereocenters. The van der Waals surface area contributed by atoms with Crippen LogP contribution in [0.5, 0.6) is 5.75 Å². The summed E-state index contributed by atoms with van der Waals surface area (Å²) in [5, 5.41) is 2.66. The van der Waals surface area contributed by atoms with Crippen molar-refractivity contribution < 1.29 is 23.9 Å². The van der Waals surface area contributed by atoms with Crippen molar-refractivity contribution >= 4 is 23.3 Å². The van der Waals surface area contributed by atoms with Crippen molar-refractivity contribution in [3.63, 3.8) is 0 Å². The van der Waals surface area contributed by atoms with Gasteiger partial charge < -0.3 is 14.8 Å². The molecule has 0 aliphatic rings. The number of carbonyl (C=O) groups is 3. The number of para-hydroxylation sites is 1. The Morgan fingerprint density at radius 2 is 1.37 bits per heavy atom. The van der Waals surface area contributed by atoms with Gasteiger partial charge in [-0.05, 0) is 43.3 Å². The largest absolute Gasteiger partial charge is 0.482 e. The molecule has 0 aliphatic carbocycles. The smallest absolute Gasteiger partial charge is 0.344 e.